The molecule has 0 aromatic carbocycles. The Morgan fingerprint density at radius 1 is 1.31 bits per heavy atom. The second-order valence-electron chi connectivity index (χ2n) is 10.3. The molecule has 4 aliphatic carbocycles. The van der Waals surface area contributed by atoms with E-state index >= 15 is 0 Å². The molecular formula is C24H29Cl2FO5. The first-order valence-electron chi connectivity index (χ1n) is 11.1. The summed E-state index contributed by atoms with van der Waals surface area (Å²) >= 11 is 14.4. The molecule has 4 rings (SSSR count). The van der Waals surface area contributed by atoms with Crippen molar-refractivity contribution in [2.45, 2.75) is 62.3 Å². The summed E-state index contributed by atoms with van der Waals surface area (Å²) in [5, 5.41) is 10.9. The Morgan fingerprint density at radius 3 is 2.62 bits per heavy atom. The molecular weight excluding hydrogens is 458 g/mol. The molecule has 0 aliphatic heterocycles. The van der Waals surface area contributed by atoms with Gasteiger partial charge < -0.3 is 9.84 Å². The van der Waals surface area contributed by atoms with Crippen LogP contribution in [0.3, 0.4) is 0 Å². The SMILES string of the molecule is CC(=O)OCC(=O)[C@@]1(O)CC[C@H]2[C@@H]3C[C@H](CF)C4=CC(=O)C=C[C@]4(C)[C@@]3(Cl)[C@@H](Cl)C[C@@]21C. The maximum atomic E-state index is 14.2. The van der Waals surface area contributed by atoms with Gasteiger partial charge in [0.1, 0.15) is 5.60 Å². The molecule has 32 heavy (non-hydrogen) atoms. The number of ether oxygens (including phenoxy) is 1. The lowest BCUT2D eigenvalue weighted by Gasteiger charge is -2.65. The van der Waals surface area contributed by atoms with Gasteiger partial charge in [-0.3, -0.25) is 18.8 Å². The first-order valence-corrected chi connectivity index (χ1v) is 11.9. The zero-order valence-electron chi connectivity index (χ0n) is 18.5. The quantitative estimate of drug-likeness (QED) is 0.480. The number of hydrogen-bond acceptors (Lipinski definition) is 5. The number of carbonyl (C=O) groups excluding carboxylic acids is 3. The van der Waals surface area contributed by atoms with Crippen molar-refractivity contribution in [3.63, 3.8) is 0 Å². The Hall–Kier alpha value is -1.24. The van der Waals surface area contributed by atoms with Gasteiger partial charge in [0.25, 0.3) is 0 Å². The molecule has 0 unspecified atom stereocenters. The number of ketones is 2. The van der Waals surface area contributed by atoms with Gasteiger partial charge in [-0.1, -0.05) is 19.9 Å². The minimum atomic E-state index is -1.71. The van der Waals surface area contributed by atoms with Gasteiger partial charge in [0.2, 0.25) is 5.78 Å². The summed E-state index contributed by atoms with van der Waals surface area (Å²) in [4.78, 5) is 35.3. The normalized spacial score (nSPS) is 47.2. The van der Waals surface area contributed by atoms with Crippen molar-refractivity contribution in [1.29, 1.82) is 0 Å². The van der Waals surface area contributed by atoms with Crippen molar-refractivity contribution in [3.05, 3.63) is 23.8 Å². The van der Waals surface area contributed by atoms with Crippen LogP contribution >= 0.6 is 23.2 Å². The van der Waals surface area contributed by atoms with Crippen LogP contribution in [0.5, 0.6) is 0 Å². The van der Waals surface area contributed by atoms with E-state index in [4.69, 9.17) is 27.9 Å². The fourth-order valence-corrected chi connectivity index (χ4v) is 8.44. The van der Waals surface area contributed by atoms with Gasteiger partial charge in [0, 0.05) is 23.7 Å². The minimum Gasteiger partial charge on any atom is -0.458 e. The Bertz CT molecular complexity index is 933. The van der Waals surface area contributed by atoms with Crippen molar-refractivity contribution >= 4 is 40.7 Å². The molecule has 5 nitrogen and oxygen atoms in total. The highest BCUT2D eigenvalue weighted by atomic mass is 35.5. The van der Waals surface area contributed by atoms with Crippen LogP contribution in [-0.2, 0) is 19.1 Å². The molecule has 0 spiro atoms. The topological polar surface area (TPSA) is 80.7 Å². The third-order valence-electron chi connectivity index (χ3n) is 8.97. The lowest BCUT2D eigenvalue weighted by atomic mass is 9.45. The maximum Gasteiger partial charge on any atom is 0.303 e. The van der Waals surface area contributed by atoms with Crippen LogP contribution in [0.15, 0.2) is 23.8 Å². The van der Waals surface area contributed by atoms with E-state index in [2.05, 4.69) is 0 Å². The number of esters is 1. The van der Waals surface area contributed by atoms with E-state index in [0.717, 1.165) is 0 Å². The Labute approximate surface area is 197 Å². The van der Waals surface area contributed by atoms with Crippen molar-refractivity contribution in [2.75, 3.05) is 13.3 Å². The van der Waals surface area contributed by atoms with E-state index in [1.54, 1.807) is 6.08 Å². The summed E-state index contributed by atoms with van der Waals surface area (Å²) in [5.41, 5.74) is -2.75. The number of alkyl halides is 3. The molecule has 1 N–H and O–H groups in total. The predicted molar refractivity (Wildman–Crippen MR) is 118 cm³/mol. The molecule has 8 atom stereocenters. The van der Waals surface area contributed by atoms with Gasteiger partial charge >= 0.3 is 5.97 Å². The number of aliphatic hydroxyl groups is 1. The zero-order valence-corrected chi connectivity index (χ0v) is 20.0. The molecule has 0 aromatic heterocycles. The van der Waals surface area contributed by atoms with Crippen LogP contribution in [0.4, 0.5) is 4.39 Å². The second kappa shape index (κ2) is 7.64. The van der Waals surface area contributed by atoms with Crippen LogP contribution < -0.4 is 0 Å². The van der Waals surface area contributed by atoms with Crippen LogP contribution in [0.1, 0.15) is 46.5 Å². The lowest BCUT2D eigenvalue weighted by Crippen LogP contribution is -2.68. The highest BCUT2D eigenvalue weighted by molar-refractivity contribution is 6.34. The first kappa shape index (κ1) is 23.9. The number of halogens is 3. The monoisotopic (exact) mass is 486 g/mol. The molecule has 0 amide bonds. The third-order valence-corrected chi connectivity index (χ3v) is 10.5. The van der Waals surface area contributed by atoms with Gasteiger partial charge in [0.15, 0.2) is 12.4 Å². The number of fused-ring (bicyclic) bond motifs is 5. The average Bonchev–Trinajstić information content (AvgIpc) is 2.99. The van der Waals surface area contributed by atoms with Gasteiger partial charge in [-0.15, -0.1) is 23.2 Å². The van der Waals surface area contributed by atoms with Gasteiger partial charge in [-0.2, -0.15) is 0 Å². The summed E-state index contributed by atoms with van der Waals surface area (Å²) in [6, 6.07) is 0. The number of rotatable bonds is 4. The van der Waals surface area contributed by atoms with E-state index in [0.29, 0.717) is 18.4 Å². The molecule has 176 valence electrons. The van der Waals surface area contributed by atoms with E-state index in [-0.39, 0.29) is 30.5 Å². The number of carbonyl (C=O) groups is 3. The minimum absolute atomic E-state index is 0.181. The van der Waals surface area contributed by atoms with Crippen LogP contribution in [-0.4, -0.2) is 51.8 Å². The van der Waals surface area contributed by atoms with Crippen molar-refractivity contribution in [2.24, 2.45) is 28.6 Å². The fourth-order valence-electron chi connectivity index (χ4n) is 7.24. The molecule has 0 heterocycles. The number of Topliss-reactive ketones (excluding diaryl/α,β-unsaturated/α-hetero) is 1. The molecule has 0 radical (unpaired) electrons. The molecule has 0 aromatic rings. The molecule has 8 heteroatoms. The van der Waals surface area contributed by atoms with Crippen molar-refractivity contribution in [1.82, 2.24) is 0 Å². The Morgan fingerprint density at radius 2 is 2.00 bits per heavy atom. The number of hydrogen-bond donors (Lipinski definition) is 1. The first-order chi connectivity index (χ1) is 14.8. The van der Waals surface area contributed by atoms with Crippen LogP contribution in [0.25, 0.3) is 0 Å². The highest BCUT2D eigenvalue weighted by Crippen LogP contribution is 2.72. The second-order valence-corrected chi connectivity index (χ2v) is 11.4. The van der Waals surface area contributed by atoms with Gasteiger partial charge in [-0.25, -0.2) is 0 Å². The Balaban J connectivity index is 1.77. The summed E-state index contributed by atoms with van der Waals surface area (Å²) < 4.78 is 19.1. The van der Waals surface area contributed by atoms with E-state index in [1.807, 2.05) is 13.8 Å². The average molecular weight is 487 g/mol. The standard InChI is InChI=1S/C24H29Cl2FO5/c1-13(28)32-12-20(30)23(31)7-5-16-18-8-14(11-27)17-9-15(29)4-6-21(17,2)24(18,26)19(25)10-22(16,23)3/h4,6,9,14,16,18-19,31H,5,7-8,10-12H2,1-3H3/t14-,16+,18+,19+,21+,22+,23+,24+/m1/s1. The summed E-state index contributed by atoms with van der Waals surface area (Å²) in [6.45, 7) is 3.84. The van der Waals surface area contributed by atoms with Crippen LogP contribution in [0.2, 0.25) is 0 Å². The van der Waals surface area contributed by atoms with Gasteiger partial charge in [-0.05, 0) is 55.2 Å². The number of allylic oxidation sites excluding steroid dienone is 4. The smallest absolute Gasteiger partial charge is 0.303 e. The van der Waals surface area contributed by atoms with E-state index in [9.17, 15) is 23.9 Å². The van der Waals surface area contributed by atoms with Crippen LogP contribution in [0, 0.1) is 28.6 Å². The zero-order chi connectivity index (χ0) is 23.7. The third kappa shape index (κ3) is 2.94. The lowest BCUT2D eigenvalue weighted by molar-refractivity contribution is -0.167. The van der Waals surface area contributed by atoms with Crippen molar-refractivity contribution in [3.8, 4) is 0 Å². The van der Waals surface area contributed by atoms with E-state index in [1.165, 1.54) is 19.1 Å². The molecule has 3 saturated carbocycles. The van der Waals surface area contributed by atoms with Gasteiger partial charge in [0.05, 0.1) is 16.9 Å². The molecule has 4 aliphatic rings. The van der Waals surface area contributed by atoms with E-state index < -0.39 is 57.6 Å². The highest BCUT2D eigenvalue weighted by Gasteiger charge is 2.73. The summed E-state index contributed by atoms with van der Waals surface area (Å²) in [5.74, 6) is -2.27. The fraction of sp³-hybridized carbons (Fsp3) is 0.708. The molecule has 3 fully saturated rings. The molecule has 0 saturated heterocycles. The summed E-state index contributed by atoms with van der Waals surface area (Å²) in [7, 11) is 0. The maximum absolute atomic E-state index is 14.2. The molecule has 0 bridgehead atoms. The predicted octanol–water partition coefficient (Wildman–Crippen LogP) is 3.93. The van der Waals surface area contributed by atoms with Crippen molar-refractivity contribution < 1.29 is 28.6 Å². The Kier molecular flexibility index (Phi) is 5.71. The summed E-state index contributed by atoms with van der Waals surface area (Å²) in [6.07, 6.45) is 6.11. The largest absolute Gasteiger partial charge is 0.458 e.